The van der Waals surface area contributed by atoms with Gasteiger partial charge in [0.15, 0.2) is 0 Å². The highest BCUT2D eigenvalue weighted by molar-refractivity contribution is 7.23. The van der Waals surface area contributed by atoms with Gasteiger partial charge >= 0.3 is 0 Å². The van der Waals surface area contributed by atoms with Crippen molar-refractivity contribution in [3.8, 4) is 22.4 Å². The molecule has 2 aliphatic rings. The van der Waals surface area contributed by atoms with Crippen LogP contribution in [0.1, 0.15) is 0 Å². The molecule has 1 spiro atoms. The van der Waals surface area contributed by atoms with Crippen LogP contribution >= 0.6 is 0 Å². The average molecular weight is 334 g/mol. The van der Waals surface area contributed by atoms with Crippen LogP contribution in [-0.4, -0.2) is 18.0 Å². The molecule has 0 atom stereocenters. The highest BCUT2D eigenvalue weighted by Crippen LogP contribution is 2.33. The van der Waals surface area contributed by atoms with E-state index in [-0.39, 0.29) is 0 Å². The Morgan fingerprint density at radius 3 is 1.84 bits per heavy atom. The van der Waals surface area contributed by atoms with Crippen molar-refractivity contribution in [1.82, 2.24) is 9.97 Å². The molecule has 0 saturated heterocycles. The number of rotatable bonds is 0. The molecule has 3 heteroatoms. The van der Waals surface area contributed by atoms with Crippen LogP contribution in [0.5, 0.6) is 0 Å². The summed E-state index contributed by atoms with van der Waals surface area (Å²) in [6.07, 6.45) is 3.83. The maximum absolute atomic E-state index is 4.93. The fourth-order valence-electron chi connectivity index (χ4n) is 4.73. The van der Waals surface area contributed by atoms with E-state index in [4.69, 9.17) is 9.97 Å². The number of pyridine rings is 2. The summed E-state index contributed by atoms with van der Waals surface area (Å²) in [4.78, 5) is 9.69. The van der Waals surface area contributed by atoms with Crippen LogP contribution in [0.4, 0.5) is 0 Å². The van der Waals surface area contributed by atoms with E-state index in [0.717, 1.165) is 5.69 Å². The summed E-state index contributed by atoms with van der Waals surface area (Å²) in [6, 6.07) is 26.3. The maximum atomic E-state index is 4.93. The maximum Gasteiger partial charge on any atom is 0.206 e. The topological polar surface area (TPSA) is 25.8 Å². The second-order valence-electron chi connectivity index (χ2n) is 6.64. The largest absolute Gasteiger partial charge is 0.264 e. The van der Waals surface area contributed by atoms with Gasteiger partial charge in [0.05, 0.1) is 5.69 Å². The molecule has 2 nitrogen and oxygen atoms in total. The molecule has 0 radical (unpaired) electrons. The number of hydrogen-bond acceptors (Lipinski definition) is 2. The van der Waals surface area contributed by atoms with E-state index in [2.05, 4.69) is 66.7 Å². The van der Waals surface area contributed by atoms with Crippen molar-refractivity contribution in [1.29, 1.82) is 0 Å². The van der Waals surface area contributed by atoms with E-state index in [1.165, 1.54) is 37.6 Å². The Hall–Kier alpha value is -3.04. The molecule has 2 aliphatic heterocycles. The van der Waals surface area contributed by atoms with Gasteiger partial charge in [-0.1, -0.05) is 54.6 Å². The third kappa shape index (κ3) is 1.41. The van der Waals surface area contributed by atoms with Gasteiger partial charge in [-0.25, -0.2) is 0 Å². The SMILES string of the molecule is c1ccc2c(c1)-c1ccccc1[Si]21c2cccnc2-c2cccnc21. The molecule has 4 heterocycles. The molecule has 0 bridgehead atoms. The Morgan fingerprint density at radius 1 is 0.520 bits per heavy atom. The molecule has 0 amide bonds. The van der Waals surface area contributed by atoms with Crippen LogP contribution < -0.4 is 20.9 Å². The summed E-state index contributed by atoms with van der Waals surface area (Å²) < 4.78 is 0. The number of benzene rings is 2. The van der Waals surface area contributed by atoms with E-state index >= 15 is 0 Å². The zero-order valence-corrected chi connectivity index (χ0v) is 14.5. The average Bonchev–Trinajstić information content (AvgIpc) is 3.16. The van der Waals surface area contributed by atoms with Gasteiger partial charge in [0.1, 0.15) is 0 Å². The Bertz CT molecular complexity index is 978. The summed E-state index contributed by atoms with van der Waals surface area (Å²) in [5, 5.41) is 5.51. The van der Waals surface area contributed by atoms with Gasteiger partial charge in [-0.15, -0.1) is 0 Å². The van der Waals surface area contributed by atoms with Gasteiger partial charge in [-0.2, -0.15) is 0 Å². The van der Waals surface area contributed by atoms with Crippen molar-refractivity contribution in [2.45, 2.75) is 0 Å². The number of fused-ring (bicyclic) bond motifs is 10. The predicted octanol–water partition coefficient (Wildman–Crippen LogP) is 1.81. The lowest BCUT2D eigenvalue weighted by atomic mass is 10.1. The first-order chi connectivity index (χ1) is 12.4. The molecule has 6 rings (SSSR count). The third-order valence-electron chi connectivity index (χ3n) is 5.58. The molecule has 116 valence electrons. The second-order valence-corrected chi connectivity index (χ2v) is 10.2. The van der Waals surface area contributed by atoms with Crippen LogP contribution in [0.15, 0.2) is 85.2 Å². The minimum absolute atomic E-state index is 1.11. The lowest BCUT2D eigenvalue weighted by molar-refractivity contribution is 1.33. The minimum Gasteiger partial charge on any atom is -0.264 e. The number of aromatic nitrogens is 2. The predicted molar refractivity (Wildman–Crippen MR) is 104 cm³/mol. The van der Waals surface area contributed by atoms with Crippen molar-refractivity contribution in [3.63, 3.8) is 0 Å². The zero-order chi connectivity index (χ0) is 16.4. The molecule has 0 N–H and O–H groups in total. The molecule has 4 aromatic rings. The summed E-state index contributed by atoms with van der Waals surface area (Å²) in [5.74, 6) is 0. The van der Waals surface area contributed by atoms with Gasteiger partial charge in [0.25, 0.3) is 0 Å². The minimum atomic E-state index is -2.33. The molecule has 0 saturated carbocycles. The van der Waals surface area contributed by atoms with Crippen molar-refractivity contribution in [2.24, 2.45) is 0 Å². The third-order valence-corrected chi connectivity index (χ3v) is 10.4. The quantitative estimate of drug-likeness (QED) is 0.396. The zero-order valence-electron chi connectivity index (χ0n) is 13.5. The monoisotopic (exact) mass is 334 g/mol. The fraction of sp³-hybridized carbons (Fsp3) is 0. The van der Waals surface area contributed by atoms with Gasteiger partial charge in [0.2, 0.25) is 8.07 Å². The van der Waals surface area contributed by atoms with Crippen molar-refractivity contribution >= 4 is 29.0 Å². The summed E-state index contributed by atoms with van der Waals surface area (Å²) in [5.41, 5.74) is 5.04. The van der Waals surface area contributed by atoms with Crippen LogP contribution in [-0.2, 0) is 0 Å². The smallest absolute Gasteiger partial charge is 0.206 e. The van der Waals surface area contributed by atoms with Crippen LogP contribution in [0.25, 0.3) is 22.4 Å². The molecule has 0 fully saturated rings. The molecule has 2 aromatic heterocycles. The Balaban J connectivity index is 1.89. The first-order valence-corrected chi connectivity index (χ1v) is 10.5. The normalized spacial score (nSPS) is 14.7. The highest BCUT2D eigenvalue weighted by atomic mass is 28.3. The Labute approximate surface area is 146 Å². The van der Waals surface area contributed by atoms with Gasteiger partial charge in [-0.3, -0.25) is 9.97 Å². The molecule has 0 aliphatic carbocycles. The summed E-state index contributed by atoms with van der Waals surface area (Å²) in [7, 11) is -2.33. The molecule has 0 unspecified atom stereocenters. The van der Waals surface area contributed by atoms with Crippen molar-refractivity contribution in [3.05, 3.63) is 85.2 Å². The summed E-state index contributed by atoms with van der Waals surface area (Å²) in [6.45, 7) is 0. The van der Waals surface area contributed by atoms with Crippen LogP contribution in [0.2, 0.25) is 0 Å². The lowest BCUT2D eigenvalue weighted by Crippen LogP contribution is -2.71. The van der Waals surface area contributed by atoms with E-state index in [0.29, 0.717) is 0 Å². The molecular formula is C22H14N2Si. The van der Waals surface area contributed by atoms with Gasteiger partial charge in [0, 0.05) is 23.3 Å². The van der Waals surface area contributed by atoms with Crippen LogP contribution in [0, 0.1) is 0 Å². The van der Waals surface area contributed by atoms with Crippen LogP contribution in [0.3, 0.4) is 0 Å². The first kappa shape index (κ1) is 13.3. The first-order valence-electron chi connectivity index (χ1n) is 8.53. The van der Waals surface area contributed by atoms with E-state index in [1.54, 1.807) is 0 Å². The standard InChI is InChI=1S/C22H14N2Si/c1-3-10-18-15(7-1)16-8-2-4-11-19(16)25(18)20-12-6-13-23-21(20)17-9-5-14-24-22(17)25/h1-14H. The summed E-state index contributed by atoms with van der Waals surface area (Å²) >= 11 is 0. The van der Waals surface area contributed by atoms with Crippen molar-refractivity contribution in [2.75, 3.05) is 0 Å². The fourth-order valence-corrected chi connectivity index (χ4v) is 10.1. The molecule has 25 heavy (non-hydrogen) atoms. The van der Waals surface area contributed by atoms with E-state index < -0.39 is 8.07 Å². The van der Waals surface area contributed by atoms with E-state index in [9.17, 15) is 0 Å². The lowest BCUT2D eigenvalue weighted by Gasteiger charge is -2.25. The molecular weight excluding hydrogens is 320 g/mol. The second kappa shape index (κ2) is 4.52. The molecule has 2 aromatic carbocycles. The van der Waals surface area contributed by atoms with Gasteiger partial charge < -0.3 is 0 Å². The number of nitrogens with zero attached hydrogens (tertiary/aromatic N) is 2. The van der Waals surface area contributed by atoms with Crippen molar-refractivity contribution < 1.29 is 0 Å². The Morgan fingerprint density at radius 2 is 1.08 bits per heavy atom. The Kier molecular flexibility index (Phi) is 2.40. The van der Waals surface area contributed by atoms with Gasteiger partial charge in [-0.05, 0) is 44.9 Å². The number of hydrogen-bond donors (Lipinski definition) is 0. The highest BCUT2D eigenvalue weighted by Gasteiger charge is 2.55. The van der Waals surface area contributed by atoms with E-state index in [1.807, 2.05) is 18.5 Å².